The lowest BCUT2D eigenvalue weighted by Crippen LogP contribution is -2.63. The Labute approximate surface area is 183 Å². The van der Waals surface area contributed by atoms with E-state index in [1.54, 1.807) is 14.2 Å². The lowest BCUT2D eigenvalue weighted by molar-refractivity contribution is 0.164. The summed E-state index contributed by atoms with van der Waals surface area (Å²) in [6, 6.07) is 14.2. The molecule has 7 heteroatoms. The van der Waals surface area contributed by atoms with Crippen LogP contribution >= 0.6 is 0 Å². The van der Waals surface area contributed by atoms with Crippen molar-refractivity contribution in [2.45, 2.75) is 37.3 Å². The molecular weight excluding hydrogens is 392 g/mol. The average Bonchev–Trinajstić information content (AvgIpc) is 3.31. The Kier molecular flexibility index (Phi) is 5.04. The predicted molar refractivity (Wildman–Crippen MR) is 123 cm³/mol. The number of ether oxygens (including phenoxy) is 2. The molecular formula is C24H30N4O3. The number of rotatable bonds is 3. The number of nitrogens with zero attached hydrogens (tertiary/aromatic N) is 2. The van der Waals surface area contributed by atoms with Crippen LogP contribution in [0.3, 0.4) is 0 Å². The van der Waals surface area contributed by atoms with E-state index in [0.29, 0.717) is 17.5 Å². The summed E-state index contributed by atoms with van der Waals surface area (Å²) >= 11 is 0. The molecule has 0 saturated carbocycles. The Morgan fingerprint density at radius 3 is 2.68 bits per heavy atom. The third kappa shape index (κ3) is 3.42. The van der Waals surface area contributed by atoms with Gasteiger partial charge in [-0.05, 0) is 49.9 Å². The second-order valence-electron chi connectivity index (χ2n) is 8.63. The number of likely N-dealkylation sites (tertiary alicyclic amines) is 1. The first-order valence-electron chi connectivity index (χ1n) is 11.1. The Bertz CT molecular complexity index is 971. The number of amides is 2. The molecule has 2 amide bonds. The molecule has 1 unspecified atom stereocenters. The molecule has 5 rings (SSSR count). The molecule has 164 valence electrons. The van der Waals surface area contributed by atoms with Crippen molar-refractivity contribution in [1.82, 2.24) is 4.90 Å². The highest BCUT2D eigenvalue weighted by Gasteiger charge is 2.50. The predicted octanol–water partition coefficient (Wildman–Crippen LogP) is 4.16. The average molecular weight is 423 g/mol. The molecule has 3 aliphatic rings. The summed E-state index contributed by atoms with van der Waals surface area (Å²) in [5, 5.41) is 6.90. The second-order valence-corrected chi connectivity index (χ2v) is 8.63. The zero-order chi connectivity index (χ0) is 21.4. The highest BCUT2D eigenvalue weighted by molar-refractivity contribution is 5.91. The minimum atomic E-state index is -0.0690. The zero-order valence-corrected chi connectivity index (χ0v) is 18.2. The topological polar surface area (TPSA) is 66.1 Å². The fraction of sp³-hybridized carbons (Fsp3) is 0.458. The van der Waals surface area contributed by atoms with Crippen molar-refractivity contribution in [2.75, 3.05) is 49.4 Å². The number of para-hydroxylation sites is 2. The molecule has 0 aromatic heterocycles. The molecule has 2 fully saturated rings. The molecule has 2 aromatic carbocycles. The highest BCUT2D eigenvalue weighted by atomic mass is 16.5. The Morgan fingerprint density at radius 1 is 1.10 bits per heavy atom. The molecule has 7 nitrogen and oxygen atoms in total. The van der Waals surface area contributed by atoms with Gasteiger partial charge in [-0.3, -0.25) is 0 Å². The Balaban J connectivity index is 1.32. The summed E-state index contributed by atoms with van der Waals surface area (Å²) < 4.78 is 10.8. The molecule has 0 aliphatic carbocycles. The van der Waals surface area contributed by atoms with Crippen LogP contribution in [0.4, 0.5) is 21.9 Å². The van der Waals surface area contributed by atoms with Gasteiger partial charge in [0.2, 0.25) is 0 Å². The number of piperidine rings is 1. The normalized spacial score (nSPS) is 21.2. The third-order valence-corrected chi connectivity index (χ3v) is 7.08. The standard InChI is InChI=1S/C24H30N4O3/c1-30-17-9-10-20-19(16-17)26-24(22-8-5-13-28(20)22)11-14-27(15-12-24)23(29)25-18-6-3-4-7-21(18)31-2/h3-4,6-7,9-10,16,22,26H,5,8,11-15H2,1-2H3,(H,25,29). The number of hydrogen-bond acceptors (Lipinski definition) is 5. The molecule has 3 heterocycles. The lowest BCUT2D eigenvalue weighted by Gasteiger charge is -2.53. The van der Waals surface area contributed by atoms with Gasteiger partial charge in [0.1, 0.15) is 11.5 Å². The first-order chi connectivity index (χ1) is 15.1. The highest BCUT2D eigenvalue weighted by Crippen LogP contribution is 2.47. The fourth-order valence-corrected chi connectivity index (χ4v) is 5.48. The van der Waals surface area contributed by atoms with Crippen LogP contribution in [0.1, 0.15) is 25.7 Å². The van der Waals surface area contributed by atoms with Crippen LogP contribution in [-0.4, -0.2) is 56.4 Å². The molecule has 3 aliphatic heterocycles. The number of nitrogens with one attached hydrogen (secondary N) is 2. The molecule has 2 saturated heterocycles. The fourth-order valence-electron chi connectivity index (χ4n) is 5.48. The summed E-state index contributed by atoms with van der Waals surface area (Å²) in [4.78, 5) is 17.4. The molecule has 2 N–H and O–H groups in total. The molecule has 0 radical (unpaired) electrons. The van der Waals surface area contributed by atoms with Crippen molar-refractivity contribution in [3.05, 3.63) is 42.5 Å². The Hall–Kier alpha value is -3.09. The first-order valence-corrected chi connectivity index (χ1v) is 11.1. The maximum Gasteiger partial charge on any atom is 0.321 e. The van der Waals surface area contributed by atoms with Crippen LogP contribution in [0.25, 0.3) is 0 Å². The smallest absolute Gasteiger partial charge is 0.321 e. The third-order valence-electron chi connectivity index (χ3n) is 7.08. The number of urea groups is 1. The van der Waals surface area contributed by atoms with Gasteiger partial charge in [-0.1, -0.05) is 12.1 Å². The van der Waals surface area contributed by atoms with Crippen LogP contribution in [0, 0.1) is 0 Å². The van der Waals surface area contributed by atoms with E-state index in [9.17, 15) is 4.79 Å². The van der Waals surface area contributed by atoms with Crippen molar-refractivity contribution >= 4 is 23.1 Å². The van der Waals surface area contributed by atoms with Gasteiger partial charge in [-0.25, -0.2) is 4.79 Å². The van der Waals surface area contributed by atoms with Gasteiger partial charge in [-0.2, -0.15) is 0 Å². The maximum absolute atomic E-state index is 12.9. The number of anilines is 3. The van der Waals surface area contributed by atoms with E-state index in [2.05, 4.69) is 27.7 Å². The maximum atomic E-state index is 12.9. The molecule has 0 bridgehead atoms. The van der Waals surface area contributed by atoms with Gasteiger partial charge in [-0.15, -0.1) is 0 Å². The van der Waals surface area contributed by atoms with Crippen LogP contribution in [0.2, 0.25) is 0 Å². The number of carbonyl (C=O) groups is 1. The van der Waals surface area contributed by atoms with Crippen LogP contribution < -0.4 is 25.0 Å². The second kappa shape index (κ2) is 7.87. The van der Waals surface area contributed by atoms with E-state index in [-0.39, 0.29) is 11.6 Å². The summed E-state index contributed by atoms with van der Waals surface area (Å²) in [6.45, 7) is 2.53. The van der Waals surface area contributed by atoms with E-state index in [1.807, 2.05) is 35.2 Å². The van der Waals surface area contributed by atoms with Gasteiger partial charge in [0, 0.05) is 25.7 Å². The molecule has 31 heavy (non-hydrogen) atoms. The largest absolute Gasteiger partial charge is 0.497 e. The number of fused-ring (bicyclic) bond motifs is 4. The van der Waals surface area contributed by atoms with Gasteiger partial charge in [0.05, 0.1) is 42.9 Å². The van der Waals surface area contributed by atoms with Gasteiger partial charge in [0.25, 0.3) is 0 Å². The van der Waals surface area contributed by atoms with E-state index in [4.69, 9.17) is 9.47 Å². The molecule has 2 aromatic rings. The summed E-state index contributed by atoms with van der Waals surface area (Å²) in [5.74, 6) is 1.54. The van der Waals surface area contributed by atoms with E-state index in [0.717, 1.165) is 43.9 Å². The van der Waals surface area contributed by atoms with E-state index >= 15 is 0 Å². The van der Waals surface area contributed by atoms with Crippen LogP contribution in [-0.2, 0) is 0 Å². The summed E-state index contributed by atoms with van der Waals surface area (Å²) in [7, 11) is 3.32. The van der Waals surface area contributed by atoms with Gasteiger partial charge < -0.3 is 29.9 Å². The minimum Gasteiger partial charge on any atom is -0.497 e. The number of methoxy groups -OCH3 is 2. The number of carbonyl (C=O) groups excluding carboxylic acids is 1. The zero-order valence-electron chi connectivity index (χ0n) is 18.2. The number of hydrogen-bond donors (Lipinski definition) is 2. The lowest BCUT2D eigenvalue weighted by atomic mass is 9.77. The van der Waals surface area contributed by atoms with Gasteiger partial charge in [0.15, 0.2) is 0 Å². The van der Waals surface area contributed by atoms with Crippen molar-refractivity contribution in [1.29, 1.82) is 0 Å². The molecule has 1 spiro atoms. The Morgan fingerprint density at radius 2 is 1.90 bits per heavy atom. The van der Waals surface area contributed by atoms with Crippen molar-refractivity contribution in [3.8, 4) is 11.5 Å². The van der Waals surface area contributed by atoms with Crippen molar-refractivity contribution < 1.29 is 14.3 Å². The monoisotopic (exact) mass is 422 g/mol. The van der Waals surface area contributed by atoms with Crippen LogP contribution in [0.15, 0.2) is 42.5 Å². The quantitative estimate of drug-likeness (QED) is 0.777. The molecule has 1 atom stereocenters. The van der Waals surface area contributed by atoms with Crippen molar-refractivity contribution in [2.24, 2.45) is 0 Å². The summed E-state index contributed by atoms with van der Waals surface area (Å²) in [6.07, 6.45) is 4.23. The number of benzene rings is 2. The van der Waals surface area contributed by atoms with E-state index in [1.165, 1.54) is 18.5 Å². The first kappa shape index (κ1) is 19.8. The summed E-state index contributed by atoms with van der Waals surface area (Å²) in [5.41, 5.74) is 3.10. The van der Waals surface area contributed by atoms with E-state index < -0.39 is 0 Å². The van der Waals surface area contributed by atoms with Crippen LogP contribution in [0.5, 0.6) is 11.5 Å². The van der Waals surface area contributed by atoms with Gasteiger partial charge >= 0.3 is 6.03 Å². The SMILES string of the molecule is COc1ccc2c(c1)NC1(CCN(C(=O)Nc3ccccc3OC)CC1)C1CCCN21. The van der Waals surface area contributed by atoms with Crippen molar-refractivity contribution in [3.63, 3.8) is 0 Å². The minimum absolute atomic E-state index is 0.0168.